The van der Waals surface area contributed by atoms with Gasteiger partial charge in [-0.15, -0.1) is 0 Å². The molecule has 7 nitrogen and oxygen atoms in total. The van der Waals surface area contributed by atoms with Gasteiger partial charge in [0.1, 0.15) is 5.69 Å². The first kappa shape index (κ1) is 20.9. The van der Waals surface area contributed by atoms with Gasteiger partial charge < -0.3 is 9.88 Å². The number of amides is 1. The smallest absolute Gasteiger partial charge is 0.270 e. The van der Waals surface area contributed by atoms with Crippen LogP contribution in [0.15, 0.2) is 84.9 Å². The highest BCUT2D eigenvalue weighted by Gasteiger charge is 2.29. The Labute approximate surface area is 191 Å². The lowest BCUT2D eigenvalue weighted by Gasteiger charge is -2.39. The maximum absolute atomic E-state index is 13.1. The number of nitro groups is 1. The van der Waals surface area contributed by atoms with Crippen LogP contribution in [0.5, 0.6) is 0 Å². The fourth-order valence-electron chi connectivity index (χ4n) is 4.59. The highest BCUT2D eigenvalue weighted by molar-refractivity contribution is 5.98. The average Bonchev–Trinajstić information content (AvgIpc) is 3.29. The van der Waals surface area contributed by atoms with Crippen molar-refractivity contribution in [3.63, 3.8) is 0 Å². The molecule has 0 saturated carbocycles. The van der Waals surface area contributed by atoms with Gasteiger partial charge in [0.05, 0.1) is 11.0 Å². The Kier molecular flexibility index (Phi) is 5.62. The van der Waals surface area contributed by atoms with Gasteiger partial charge in [-0.05, 0) is 23.3 Å². The summed E-state index contributed by atoms with van der Waals surface area (Å²) in [5.41, 5.74) is 3.67. The standard InChI is InChI=1S/C26H24N4O3/c31-26(24-18-21-17-22(30(32)33)11-12-23(21)27-24)29-15-13-28(14-16-29)25(19-7-3-1-4-8-19)20-9-5-2-6-10-20/h1-12,17-18,25,27H,13-16H2. The van der Waals surface area contributed by atoms with E-state index in [2.05, 4.69) is 58.4 Å². The molecule has 0 bridgehead atoms. The molecule has 1 amide bonds. The van der Waals surface area contributed by atoms with Crippen LogP contribution in [0.3, 0.4) is 0 Å². The van der Waals surface area contributed by atoms with Gasteiger partial charge in [-0.2, -0.15) is 0 Å². The quantitative estimate of drug-likeness (QED) is 0.363. The topological polar surface area (TPSA) is 82.5 Å². The fourth-order valence-corrected chi connectivity index (χ4v) is 4.59. The van der Waals surface area contributed by atoms with Gasteiger partial charge in [0.2, 0.25) is 0 Å². The van der Waals surface area contributed by atoms with Crippen LogP contribution in [-0.4, -0.2) is 51.8 Å². The summed E-state index contributed by atoms with van der Waals surface area (Å²) in [6, 6.07) is 27.3. The van der Waals surface area contributed by atoms with Crippen LogP contribution in [0, 0.1) is 10.1 Å². The van der Waals surface area contributed by atoms with Crippen LogP contribution >= 0.6 is 0 Å². The predicted octanol–water partition coefficient (Wildman–Crippen LogP) is 4.62. The molecule has 0 radical (unpaired) electrons. The van der Waals surface area contributed by atoms with E-state index in [0.29, 0.717) is 24.2 Å². The third-order valence-corrected chi connectivity index (χ3v) is 6.24. The highest BCUT2D eigenvalue weighted by Crippen LogP contribution is 2.30. The molecular weight excluding hydrogens is 416 g/mol. The number of benzene rings is 3. The lowest BCUT2D eigenvalue weighted by molar-refractivity contribution is -0.384. The number of nitrogens with zero attached hydrogens (tertiary/aromatic N) is 3. The number of aromatic nitrogens is 1. The second-order valence-corrected chi connectivity index (χ2v) is 8.26. The molecule has 1 fully saturated rings. The van der Waals surface area contributed by atoms with E-state index in [1.165, 1.54) is 23.3 Å². The first-order valence-corrected chi connectivity index (χ1v) is 11.0. The van der Waals surface area contributed by atoms with Crippen LogP contribution in [0.1, 0.15) is 27.7 Å². The van der Waals surface area contributed by atoms with Crippen molar-refractivity contribution in [3.05, 3.63) is 112 Å². The molecule has 1 aromatic heterocycles. The zero-order valence-corrected chi connectivity index (χ0v) is 18.1. The van der Waals surface area contributed by atoms with E-state index in [1.54, 1.807) is 12.1 Å². The maximum Gasteiger partial charge on any atom is 0.270 e. The number of carbonyl (C=O) groups is 1. The number of nitrogens with one attached hydrogen (secondary N) is 1. The van der Waals surface area contributed by atoms with Crippen molar-refractivity contribution in [3.8, 4) is 0 Å². The lowest BCUT2D eigenvalue weighted by Crippen LogP contribution is -2.50. The predicted molar refractivity (Wildman–Crippen MR) is 127 cm³/mol. The minimum atomic E-state index is -0.428. The van der Waals surface area contributed by atoms with E-state index in [4.69, 9.17) is 0 Å². The summed E-state index contributed by atoms with van der Waals surface area (Å²) in [6.07, 6.45) is 0. The van der Waals surface area contributed by atoms with Crippen molar-refractivity contribution in [2.24, 2.45) is 0 Å². The van der Waals surface area contributed by atoms with Gasteiger partial charge in [-0.25, -0.2) is 0 Å². The molecule has 0 spiro atoms. The summed E-state index contributed by atoms with van der Waals surface area (Å²) in [5, 5.41) is 11.7. The zero-order valence-electron chi connectivity index (χ0n) is 18.1. The van der Waals surface area contributed by atoms with Gasteiger partial charge in [0.25, 0.3) is 11.6 Å². The van der Waals surface area contributed by atoms with E-state index in [-0.39, 0.29) is 17.6 Å². The number of rotatable bonds is 5. The highest BCUT2D eigenvalue weighted by atomic mass is 16.6. The molecule has 0 aliphatic carbocycles. The molecule has 1 aliphatic heterocycles. The SMILES string of the molecule is O=C(c1cc2cc([N+](=O)[O-])ccc2[nH]1)N1CCN(C(c2ccccc2)c2ccccc2)CC1. The number of carbonyl (C=O) groups excluding carboxylic acids is 1. The Morgan fingerprint density at radius 1 is 0.848 bits per heavy atom. The summed E-state index contributed by atoms with van der Waals surface area (Å²) in [4.78, 5) is 31.1. The molecular formula is C26H24N4O3. The maximum atomic E-state index is 13.1. The number of H-pyrrole nitrogens is 1. The molecule has 4 aromatic rings. The number of aromatic amines is 1. The molecule has 33 heavy (non-hydrogen) atoms. The molecule has 5 rings (SSSR count). The van der Waals surface area contributed by atoms with Crippen molar-refractivity contribution in [1.82, 2.24) is 14.8 Å². The number of piperazine rings is 1. The number of non-ortho nitro benzene ring substituents is 1. The number of fused-ring (bicyclic) bond motifs is 1. The van der Waals surface area contributed by atoms with Crippen molar-refractivity contribution in [2.75, 3.05) is 26.2 Å². The van der Waals surface area contributed by atoms with E-state index >= 15 is 0 Å². The summed E-state index contributed by atoms with van der Waals surface area (Å²) in [6.45, 7) is 2.74. The Morgan fingerprint density at radius 2 is 1.45 bits per heavy atom. The van der Waals surface area contributed by atoms with Gasteiger partial charge in [0, 0.05) is 49.2 Å². The monoisotopic (exact) mass is 440 g/mol. The van der Waals surface area contributed by atoms with Gasteiger partial charge in [0.15, 0.2) is 0 Å². The molecule has 1 N–H and O–H groups in total. The number of hydrogen-bond donors (Lipinski definition) is 1. The Hall–Kier alpha value is -3.97. The van der Waals surface area contributed by atoms with E-state index in [9.17, 15) is 14.9 Å². The molecule has 0 unspecified atom stereocenters. The zero-order chi connectivity index (χ0) is 22.8. The van der Waals surface area contributed by atoms with Crippen LogP contribution in [-0.2, 0) is 0 Å². The van der Waals surface area contributed by atoms with E-state index < -0.39 is 4.92 Å². The van der Waals surface area contributed by atoms with Crippen LogP contribution < -0.4 is 0 Å². The van der Waals surface area contributed by atoms with Crippen molar-refractivity contribution >= 4 is 22.5 Å². The minimum absolute atomic E-state index is 0.0157. The molecule has 1 saturated heterocycles. The van der Waals surface area contributed by atoms with Crippen LogP contribution in [0.4, 0.5) is 5.69 Å². The molecule has 166 valence electrons. The van der Waals surface area contributed by atoms with Gasteiger partial charge >= 0.3 is 0 Å². The van der Waals surface area contributed by atoms with Gasteiger partial charge in [-0.3, -0.25) is 19.8 Å². The summed E-state index contributed by atoms with van der Waals surface area (Å²) in [7, 11) is 0. The molecule has 2 heterocycles. The van der Waals surface area contributed by atoms with Crippen molar-refractivity contribution in [2.45, 2.75) is 6.04 Å². The summed E-state index contributed by atoms with van der Waals surface area (Å²) >= 11 is 0. The third-order valence-electron chi connectivity index (χ3n) is 6.24. The minimum Gasteiger partial charge on any atom is -0.351 e. The summed E-state index contributed by atoms with van der Waals surface area (Å²) < 4.78 is 0. The average molecular weight is 441 g/mol. The fraction of sp³-hybridized carbons (Fsp3) is 0.192. The largest absolute Gasteiger partial charge is 0.351 e. The normalized spacial score (nSPS) is 14.6. The lowest BCUT2D eigenvalue weighted by atomic mass is 9.96. The first-order valence-electron chi connectivity index (χ1n) is 11.0. The molecule has 7 heteroatoms. The van der Waals surface area contributed by atoms with E-state index in [1.807, 2.05) is 17.0 Å². The number of hydrogen-bond acceptors (Lipinski definition) is 4. The van der Waals surface area contributed by atoms with Gasteiger partial charge in [-0.1, -0.05) is 60.7 Å². The second kappa shape index (κ2) is 8.88. The van der Waals surface area contributed by atoms with Crippen molar-refractivity contribution in [1.29, 1.82) is 0 Å². The molecule has 0 atom stereocenters. The van der Waals surface area contributed by atoms with Crippen LogP contribution in [0.25, 0.3) is 10.9 Å². The third kappa shape index (κ3) is 4.23. The van der Waals surface area contributed by atoms with Crippen LogP contribution in [0.2, 0.25) is 0 Å². The summed E-state index contributed by atoms with van der Waals surface area (Å²) in [5.74, 6) is -0.0792. The van der Waals surface area contributed by atoms with E-state index in [0.717, 1.165) is 18.6 Å². The number of nitro benzene ring substituents is 1. The first-order chi connectivity index (χ1) is 16.1. The second-order valence-electron chi connectivity index (χ2n) is 8.26. The Morgan fingerprint density at radius 3 is 2.03 bits per heavy atom. The Bertz CT molecular complexity index is 1240. The van der Waals surface area contributed by atoms with Crippen molar-refractivity contribution < 1.29 is 9.72 Å². The molecule has 1 aliphatic rings. The Balaban J connectivity index is 1.33. The molecule has 3 aromatic carbocycles.